The van der Waals surface area contributed by atoms with E-state index >= 15 is 0 Å². The van der Waals surface area contributed by atoms with E-state index in [1.54, 1.807) is 0 Å². The van der Waals surface area contributed by atoms with E-state index in [-0.39, 0.29) is 26.1 Å². The Morgan fingerprint density at radius 2 is 1.14 bits per heavy atom. The molecule has 0 radical (unpaired) electrons. The normalized spacial score (nSPS) is 31.5. The van der Waals surface area contributed by atoms with E-state index in [2.05, 4.69) is 13.8 Å². The maximum absolute atomic E-state index is 11.9. The van der Waals surface area contributed by atoms with Gasteiger partial charge < -0.3 is 44.1 Å². The monoisotopic (exact) mass is 534 g/mol. The van der Waals surface area contributed by atoms with Gasteiger partial charge in [0.1, 0.15) is 49.8 Å². The Bertz CT molecular complexity index is 660. The molecule has 0 spiro atoms. The zero-order valence-corrected chi connectivity index (χ0v) is 22.2. The second kappa shape index (κ2) is 17.3. The van der Waals surface area contributed by atoms with Crippen molar-refractivity contribution in [3.8, 4) is 0 Å². The summed E-state index contributed by atoms with van der Waals surface area (Å²) in [6.45, 7) is 3.69. The first-order valence-electron chi connectivity index (χ1n) is 13.8. The largest absolute Gasteiger partial charge is 0.463 e. The standard InChI is InChI=1S/C26H46O11/c1-3-5-7-9-11-13-19(27)33-15-17-21(29)23(31)26(36-17)37-24-22(30)18(35-25(24)32)16-34-20(28)14-12-10-8-6-4-2/h17-18,21-26,29-32H,3-16H2,1-2H3/t17-,18-,21-,22-,23+,24+,25+,26+/m1/s1. The minimum Gasteiger partial charge on any atom is -0.463 e. The van der Waals surface area contributed by atoms with Crippen LogP contribution in [-0.2, 0) is 33.3 Å². The lowest BCUT2D eigenvalue weighted by atomic mass is 10.1. The van der Waals surface area contributed by atoms with Gasteiger partial charge in [0.25, 0.3) is 0 Å². The number of unbranched alkanes of at least 4 members (excludes halogenated alkanes) is 8. The summed E-state index contributed by atoms with van der Waals surface area (Å²) >= 11 is 0. The van der Waals surface area contributed by atoms with E-state index < -0.39 is 61.1 Å². The van der Waals surface area contributed by atoms with E-state index in [0.29, 0.717) is 6.42 Å². The van der Waals surface area contributed by atoms with Gasteiger partial charge >= 0.3 is 11.9 Å². The zero-order valence-electron chi connectivity index (χ0n) is 22.2. The van der Waals surface area contributed by atoms with Crippen molar-refractivity contribution in [2.75, 3.05) is 13.2 Å². The molecule has 4 N–H and O–H groups in total. The first kappa shape index (κ1) is 31.9. The lowest BCUT2D eigenvalue weighted by Gasteiger charge is -2.23. The minimum absolute atomic E-state index is 0.262. The van der Waals surface area contributed by atoms with E-state index in [4.69, 9.17) is 23.7 Å². The van der Waals surface area contributed by atoms with Crippen molar-refractivity contribution in [2.45, 2.75) is 140 Å². The molecule has 11 heteroatoms. The molecular weight excluding hydrogens is 488 g/mol. The van der Waals surface area contributed by atoms with Crippen LogP contribution >= 0.6 is 0 Å². The lowest BCUT2D eigenvalue weighted by molar-refractivity contribution is -0.236. The summed E-state index contributed by atoms with van der Waals surface area (Å²) in [5, 5.41) is 41.3. The number of aliphatic hydroxyl groups excluding tert-OH is 4. The molecular formula is C26H46O11. The van der Waals surface area contributed by atoms with Crippen molar-refractivity contribution < 1.29 is 53.7 Å². The number of carbonyl (C=O) groups is 2. The van der Waals surface area contributed by atoms with Crippen molar-refractivity contribution in [1.29, 1.82) is 0 Å². The molecule has 0 aromatic heterocycles. The molecule has 216 valence electrons. The van der Waals surface area contributed by atoms with Crippen LogP contribution in [0.25, 0.3) is 0 Å². The van der Waals surface area contributed by atoms with Crippen LogP contribution in [0, 0.1) is 0 Å². The third-order valence-corrected chi connectivity index (χ3v) is 6.71. The fourth-order valence-corrected chi connectivity index (χ4v) is 4.36. The van der Waals surface area contributed by atoms with E-state index in [9.17, 15) is 30.0 Å². The molecule has 8 atom stereocenters. The topological polar surface area (TPSA) is 161 Å². The number of aliphatic hydroxyl groups is 4. The van der Waals surface area contributed by atoms with Crippen LogP contribution in [-0.4, -0.2) is 94.8 Å². The van der Waals surface area contributed by atoms with Crippen LogP contribution in [0.15, 0.2) is 0 Å². The Morgan fingerprint density at radius 3 is 1.65 bits per heavy atom. The molecule has 0 aromatic carbocycles. The maximum Gasteiger partial charge on any atom is 0.305 e. The summed E-state index contributed by atoms with van der Waals surface area (Å²) in [7, 11) is 0. The fourth-order valence-electron chi connectivity index (χ4n) is 4.36. The molecule has 0 aromatic rings. The molecule has 0 aliphatic carbocycles. The third kappa shape index (κ3) is 10.7. The van der Waals surface area contributed by atoms with Gasteiger partial charge in [-0.15, -0.1) is 0 Å². The Balaban J connectivity index is 1.72. The number of carbonyl (C=O) groups excluding carboxylic acids is 2. The van der Waals surface area contributed by atoms with Gasteiger partial charge in [-0.3, -0.25) is 9.59 Å². The predicted molar refractivity (Wildman–Crippen MR) is 131 cm³/mol. The number of rotatable bonds is 18. The minimum atomic E-state index is -1.56. The molecule has 0 amide bonds. The van der Waals surface area contributed by atoms with Crippen LogP contribution in [0.2, 0.25) is 0 Å². The number of ether oxygens (including phenoxy) is 5. The average molecular weight is 535 g/mol. The highest BCUT2D eigenvalue weighted by Gasteiger charge is 2.50. The molecule has 0 bridgehead atoms. The van der Waals surface area contributed by atoms with Crippen LogP contribution in [0.4, 0.5) is 0 Å². The fraction of sp³-hybridized carbons (Fsp3) is 0.923. The van der Waals surface area contributed by atoms with E-state index in [0.717, 1.165) is 57.8 Å². The highest BCUT2D eigenvalue weighted by Crippen LogP contribution is 2.29. The van der Waals surface area contributed by atoms with Crippen LogP contribution in [0.1, 0.15) is 90.9 Å². The SMILES string of the molecule is CCCCCCCC(=O)OC[C@H]1O[C@@H](O[C@H]2[C@H](O)[C@@H](COC(=O)CCCCCCC)O[C@@H]2O)[C@@H](O)[C@@H]1O. The number of hydrogen-bond donors (Lipinski definition) is 4. The van der Waals surface area contributed by atoms with Crippen molar-refractivity contribution in [3.63, 3.8) is 0 Å². The quantitative estimate of drug-likeness (QED) is 0.150. The first-order valence-corrected chi connectivity index (χ1v) is 13.8. The summed E-state index contributed by atoms with van der Waals surface area (Å²) in [6, 6.07) is 0. The van der Waals surface area contributed by atoms with E-state index in [1.165, 1.54) is 0 Å². The van der Waals surface area contributed by atoms with Crippen molar-refractivity contribution in [2.24, 2.45) is 0 Å². The Labute approximate surface area is 219 Å². The van der Waals surface area contributed by atoms with Gasteiger partial charge in [0.2, 0.25) is 0 Å². The van der Waals surface area contributed by atoms with Crippen molar-refractivity contribution in [3.05, 3.63) is 0 Å². The van der Waals surface area contributed by atoms with Gasteiger partial charge in [0.15, 0.2) is 12.6 Å². The Morgan fingerprint density at radius 1 is 0.649 bits per heavy atom. The highest BCUT2D eigenvalue weighted by atomic mass is 16.7. The first-order chi connectivity index (χ1) is 17.8. The summed E-state index contributed by atoms with van der Waals surface area (Å²) < 4.78 is 26.6. The van der Waals surface area contributed by atoms with Gasteiger partial charge in [-0.2, -0.15) is 0 Å². The third-order valence-electron chi connectivity index (χ3n) is 6.71. The number of esters is 2. The summed E-state index contributed by atoms with van der Waals surface area (Å²) in [5.74, 6) is -0.832. The molecule has 37 heavy (non-hydrogen) atoms. The highest BCUT2D eigenvalue weighted by molar-refractivity contribution is 5.69. The molecule has 11 nitrogen and oxygen atoms in total. The Hall–Kier alpha value is -1.34. The zero-order chi connectivity index (χ0) is 27.2. The molecule has 2 rings (SSSR count). The smallest absolute Gasteiger partial charge is 0.305 e. The average Bonchev–Trinajstić information content (AvgIpc) is 3.30. The second-order valence-electron chi connectivity index (χ2n) is 9.87. The molecule has 2 aliphatic rings. The second-order valence-corrected chi connectivity index (χ2v) is 9.87. The molecule has 2 saturated heterocycles. The lowest BCUT2D eigenvalue weighted by Crippen LogP contribution is -2.43. The molecule has 0 saturated carbocycles. The predicted octanol–water partition coefficient (Wildman–Crippen LogP) is 1.70. The van der Waals surface area contributed by atoms with Crippen LogP contribution < -0.4 is 0 Å². The number of hydrogen-bond acceptors (Lipinski definition) is 11. The summed E-state index contributed by atoms with van der Waals surface area (Å²) in [4.78, 5) is 23.9. The van der Waals surface area contributed by atoms with Gasteiger partial charge in [-0.05, 0) is 12.8 Å². The summed E-state index contributed by atoms with van der Waals surface area (Å²) in [5.41, 5.74) is 0. The van der Waals surface area contributed by atoms with Crippen LogP contribution in [0.5, 0.6) is 0 Å². The molecule has 2 heterocycles. The van der Waals surface area contributed by atoms with Gasteiger partial charge in [0.05, 0.1) is 0 Å². The van der Waals surface area contributed by atoms with Gasteiger partial charge in [-0.25, -0.2) is 0 Å². The van der Waals surface area contributed by atoms with Crippen molar-refractivity contribution in [1.82, 2.24) is 0 Å². The van der Waals surface area contributed by atoms with Gasteiger partial charge in [-0.1, -0.05) is 65.2 Å². The van der Waals surface area contributed by atoms with E-state index in [1.807, 2.05) is 0 Å². The summed E-state index contributed by atoms with van der Waals surface area (Å²) in [6.07, 6.45) is -0.163. The molecule has 0 unspecified atom stereocenters. The maximum atomic E-state index is 11.9. The Kier molecular flexibility index (Phi) is 14.9. The van der Waals surface area contributed by atoms with Crippen LogP contribution in [0.3, 0.4) is 0 Å². The molecule has 2 fully saturated rings. The van der Waals surface area contributed by atoms with Gasteiger partial charge in [0, 0.05) is 12.8 Å². The molecule has 2 aliphatic heterocycles. The van der Waals surface area contributed by atoms with Crippen molar-refractivity contribution >= 4 is 11.9 Å².